The second-order valence-corrected chi connectivity index (χ2v) is 4.41. The van der Waals surface area contributed by atoms with E-state index < -0.39 is 0 Å². The summed E-state index contributed by atoms with van der Waals surface area (Å²) in [4.78, 5) is 2.18. The number of aliphatic hydroxyl groups excluding tert-OH is 1. The summed E-state index contributed by atoms with van der Waals surface area (Å²) in [6.07, 6.45) is 2.09. The maximum atomic E-state index is 13.2. The molecule has 1 aromatic carbocycles. The van der Waals surface area contributed by atoms with Gasteiger partial charge < -0.3 is 9.84 Å². The smallest absolute Gasteiger partial charge is 0.123 e. The minimum atomic E-state index is -0.249. The average Bonchev–Trinajstić information content (AvgIpc) is 2.77. The van der Waals surface area contributed by atoms with E-state index in [4.69, 9.17) is 4.74 Å². The molecule has 0 saturated carbocycles. The fourth-order valence-corrected chi connectivity index (χ4v) is 2.40. The van der Waals surface area contributed by atoms with Gasteiger partial charge in [-0.15, -0.1) is 0 Å². The van der Waals surface area contributed by atoms with E-state index in [0.717, 1.165) is 24.9 Å². The number of ether oxygens (including phenoxy) is 1. The van der Waals surface area contributed by atoms with Gasteiger partial charge in [0.15, 0.2) is 0 Å². The predicted octanol–water partition coefficient (Wildman–Crippen LogP) is 1.79. The van der Waals surface area contributed by atoms with E-state index in [0.29, 0.717) is 12.3 Å². The van der Waals surface area contributed by atoms with Crippen molar-refractivity contribution in [3.63, 3.8) is 0 Å². The number of nitrogens with zero attached hydrogens (tertiary/aromatic N) is 1. The van der Waals surface area contributed by atoms with E-state index in [2.05, 4.69) is 4.90 Å². The predicted molar refractivity (Wildman–Crippen MR) is 63.5 cm³/mol. The Bertz CT molecular complexity index is 384. The van der Waals surface area contributed by atoms with Gasteiger partial charge in [-0.3, -0.25) is 4.90 Å². The number of halogens is 1. The second kappa shape index (κ2) is 5.47. The van der Waals surface area contributed by atoms with Crippen molar-refractivity contribution in [2.45, 2.75) is 25.4 Å². The number of benzene rings is 1. The molecule has 0 radical (unpaired) electrons. The molecule has 2 rings (SSSR count). The van der Waals surface area contributed by atoms with Crippen LogP contribution in [0.5, 0.6) is 5.75 Å². The third-order valence-electron chi connectivity index (χ3n) is 3.33. The van der Waals surface area contributed by atoms with Crippen LogP contribution in [0, 0.1) is 5.82 Å². The highest BCUT2D eigenvalue weighted by molar-refractivity contribution is 5.34. The molecule has 0 amide bonds. The molecule has 1 fully saturated rings. The molecule has 1 aromatic rings. The molecule has 1 heterocycles. The van der Waals surface area contributed by atoms with Gasteiger partial charge in [0.2, 0.25) is 0 Å². The number of aliphatic hydroxyl groups is 1. The van der Waals surface area contributed by atoms with Crippen LogP contribution in [0.1, 0.15) is 18.4 Å². The molecule has 0 spiro atoms. The van der Waals surface area contributed by atoms with Crippen LogP contribution < -0.4 is 4.74 Å². The Balaban J connectivity index is 2.14. The minimum absolute atomic E-state index is 0.164. The van der Waals surface area contributed by atoms with E-state index in [1.54, 1.807) is 13.2 Å². The van der Waals surface area contributed by atoms with Crippen LogP contribution in [0.3, 0.4) is 0 Å². The summed E-state index contributed by atoms with van der Waals surface area (Å²) < 4.78 is 18.4. The first-order valence-corrected chi connectivity index (χ1v) is 5.92. The third-order valence-corrected chi connectivity index (χ3v) is 3.33. The van der Waals surface area contributed by atoms with Crippen LogP contribution in [0.4, 0.5) is 4.39 Å². The molecule has 1 saturated heterocycles. The Labute approximate surface area is 101 Å². The zero-order valence-electron chi connectivity index (χ0n) is 10.0. The number of methoxy groups -OCH3 is 1. The van der Waals surface area contributed by atoms with Gasteiger partial charge in [0, 0.05) is 18.2 Å². The lowest BCUT2D eigenvalue weighted by Crippen LogP contribution is -2.31. The molecular weight excluding hydrogens is 221 g/mol. The standard InChI is InChI=1S/C13H18FNO2/c1-17-13-5-4-11(14)7-10(13)8-15-6-2-3-12(15)9-16/h4-5,7,12,16H,2-3,6,8-9H2,1H3/t12-/m0/s1. The Morgan fingerprint density at radius 1 is 1.53 bits per heavy atom. The molecule has 3 nitrogen and oxygen atoms in total. The fourth-order valence-electron chi connectivity index (χ4n) is 2.40. The van der Waals surface area contributed by atoms with Gasteiger partial charge in [0.25, 0.3) is 0 Å². The van der Waals surface area contributed by atoms with Crippen LogP contribution in [0.15, 0.2) is 18.2 Å². The molecule has 0 bridgehead atoms. The Hall–Kier alpha value is -1.13. The van der Waals surface area contributed by atoms with Crippen molar-refractivity contribution < 1.29 is 14.2 Å². The quantitative estimate of drug-likeness (QED) is 0.869. The molecule has 1 aliphatic rings. The van der Waals surface area contributed by atoms with Gasteiger partial charge >= 0.3 is 0 Å². The molecule has 0 aliphatic carbocycles. The van der Waals surface area contributed by atoms with E-state index in [-0.39, 0.29) is 18.5 Å². The number of rotatable bonds is 4. The highest BCUT2D eigenvalue weighted by Gasteiger charge is 2.24. The minimum Gasteiger partial charge on any atom is -0.496 e. The first-order valence-electron chi connectivity index (χ1n) is 5.92. The van der Waals surface area contributed by atoms with Crippen molar-refractivity contribution in [3.8, 4) is 5.75 Å². The van der Waals surface area contributed by atoms with Crippen molar-refractivity contribution in [1.29, 1.82) is 0 Å². The Morgan fingerprint density at radius 3 is 3.06 bits per heavy atom. The van der Waals surface area contributed by atoms with E-state index in [1.807, 2.05) is 0 Å². The van der Waals surface area contributed by atoms with E-state index >= 15 is 0 Å². The summed E-state index contributed by atoms with van der Waals surface area (Å²) in [7, 11) is 1.59. The normalized spacial score (nSPS) is 20.8. The van der Waals surface area contributed by atoms with Crippen LogP contribution in [0.25, 0.3) is 0 Å². The van der Waals surface area contributed by atoms with Crippen LogP contribution in [-0.2, 0) is 6.54 Å². The lowest BCUT2D eigenvalue weighted by Gasteiger charge is -2.23. The van der Waals surface area contributed by atoms with Gasteiger partial charge in [-0.05, 0) is 37.6 Å². The zero-order valence-corrected chi connectivity index (χ0v) is 10.0. The van der Waals surface area contributed by atoms with Gasteiger partial charge in [0.1, 0.15) is 11.6 Å². The van der Waals surface area contributed by atoms with Crippen molar-refractivity contribution in [3.05, 3.63) is 29.6 Å². The van der Waals surface area contributed by atoms with Gasteiger partial charge in [-0.25, -0.2) is 4.39 Å². The lowest BCUT2D eigenvalue weighted by atomic mass is 10.1. The summed E-state index contributed by atoms with van der Waals surface area (Å²) in [5, 5.41) is 9.25. The molecule has 0 aromatic heterocycles. The number of hydrogen-bond acceptors (Lipinski definition) is 3. The van der Waals surface area contributed by atoms with Crippen LogP contribution >= 0.6 is 0 Å². The summed E-state index contributed by atoms with van der Waals surface area (Å²) >= 11 is 0. The van der Waals surface area contributed by atoms with Crippen molar-refractivity contribution in [1.82, 2.24) is 4.90 Å². The molecule has 17 heavy (non-hydrogen) atoms. The largest absolute Gasteiger partial charge is 0.496 e. The molecule has 1 aliphatic heterocycles. The number of likely N-dealkylation sites (tertiary alicyclic amines) is 1. The first kappa shape index (κ1) is 12.3. The molecule has 4 heteroatoms. The average molecular weight is 239 g/mol. The molecular formula is C13H18FNO2. The first-order chi connectivity index (χ1) is 8.24. The summed E-state index contributed by atoms with van der Waals surface area (Å²) in [5.41, 5.74) is 0.841. The van der Waals surface area contributed by atoms with Crippen molar-refractivity contribution >= 4 is 0 Å². The van der Waals surface area contributed by atoms with Crippen LogP contribution in [0.2, 0.25) is 0 Å². The van der Waals surface area contributed by atoms with Gasteiger partial charge in [0.05, 0.1) is 13.7 Å². The molecule has 94 valence electrons. The molecule has 1 N–H and O–H groups in total. The third kappa shape index (κ3) is 2.76. The lowest BCUT2D eigenvalue weighted by molar-refractivity contribution is 0.152. The van der Waals surface area contributed by atoms with Gasteiger partial charge in [-0.1, -0.05) is 0 Å². The Morgan fingerprint density at radius 2 is 2.35 bits per heavy atom. The van der Waals surface area contributed by atoms with E-state index in [1.165, 1.54) is 12.1 Å². The topological polar surface area (TPSA) is 32.7 Å². The highest BCUT2D eigenvalue weighted by Crippen LogP contribution is 2.25. The maximum Gasteiger partial charge on any atom is 0.123 e. The SMILES string of the molecule is COc1ccc(F)cc1CN1CCC[C@H]1CO. The van der Waals surface area contributed by atoms with Crippen molar-refractivity contribution in [2.75, 3.05) is 20.3 Å². The highest BCUT2D eigenvalue weighted by atomic mass is 19.1. The van der Waals surface area contributed by atoms with Crippen molar-refractivity contribution in [2.24, 2.45) is 0 Å². The zero-order chi connectivity index (χ0) is 12.3. The summed E-state index contributed by atoms with van der Waals surface area (Å²) in [6.45, 7) is 1.74. The van der Waals surface area contributed by atoms with Gasteiger partial charge in [-0.2, -0.15) is 0 Å². The van der Waals surface area contributed by atoms with Crippen LogP contribution in [-0.4, -0.2) is 36.3 Å². The monoisotopic (exact) mass is 239 g/mol. The fraction of sp³-hybridized carbons (Fsp3) is 0.538. The summed E-state index contributed by atoms with van der Waals surface area (Å²) in [5.74, 6) is 0.454. The van der Waals surface area contributed by atoms with E-state index in [9.17, 15) is 9.50 Å². The Kier molecular flexibility index (Phi) is 3.97. The summed E-state index contributed by atoms with van der Waals surface area (Å²) in [6, 6.07) is 4.75. The number of hydrogen-bond donors (Lipinski definition) is 1. The maximum absolute atomic E-state index is 13.2. The second-order valence-electron chi connectivity index (χ2n) is 4.41. The molecule has 1 atom stereocenters. The molecule has 0 unspecified atom stereocenters.